The maximum atomic E-state index is 4.37. The molecule has 0 aliphatic carbocycles. The van der Waals surface area contributed by atoms with Crippen LogP contribution in [-0.2, 0) is 0 Å². The Balaban J connectivity index is 1.40. The van der Waals surface area contributed by atoms with Crippen LogP contribution in [0.3, 0.4) is 0 Å². The molecule has 35 heavy (non-hydrogen) atoms. The van der Waals surface area contributed by atoms with Crippen LogP contribution >= 0.6 is 12.6 Å². The summed E-state index contributed by atoms with van der Waals surface area (Å²) in [6, 6.07) is 44.7. The molecule has 172 valence electrons. The van der Waals surface area contributed by atoms with Gasteiger partial charge in [0.15, 0.2) is 0 Å². The number of hydrogen-bond acceptors (Lipinski definition) is 3. The third-order valence-corrected chi connectivity index (χ3v) is 6.42. The molecule has 0 saturated heterocycles. The molecule has 1 atom stereocenters. The lowest BCUT2D eigenvalue weighted by atomic mass is 9.85. The van der Waals surface area contributed by atoms with Crippen molar-refractivity contribution in [2.24, 2.45) is 0 Å². The van der Waals surface area contributed by atoms with Crippen molar-refractivity contribution < 1.29 is 0 Å². The predicted octanol–water partition coefficient (Wildman–Crippen LogP) is 8.95. The summed E-state index contributed by atoms with van der Waals surface area (Å²) < 4.78 is 0. The molecule has 1 unspecified atom stereocenters. The molecule has 5 aromatic rings. The zero-order valence-corrected chi connectivity index (χ0v) is 20.5. The molecular weight excluding hydrogens is 444 g/mol. The smallest absolute Gasteiger partial charge is 0.0384 e. The topological polar surface area (TPSA) is 24.1 Å². The van der Waals surface area contributed by atoms with E-state index in [2.05, 4.69) is 133 Å². The molecule has 0 fully saturated rings. The van der Waals surface area contributed by atoms with Crippen LogP contribution in [0.25, 0.3) is 0 Å². The Bertz CT molecular complexity index is 1270. The molecule has 0 saturated carbocycles. The number of hydrogen-bond donors (Lipinski definition) is 3. The zero-order valence-electron chi connectivity index (χ0n) is 19.6. The average molecular weight is 473 g/mol. The van der Waals surface area contributed by atoms with Crippen LogP contribution in [0.1, 0.15) is 28.2 Å². The summed E-state index contributed by atoms with van der Waals surface area (Å²) in [6.45, 7) is 2.10. The summed E-state index contributed by atoms with van der Waals surface area (Å²) in [5.41, 5.74) is 9.33. The van der Waals surface area contributed by atoms with Gasteiger partial charge in [-0.05, 0) is 84.3 Å². The Kier molecular flexibility index (Phi) is 6.87. The molecule has 0 bridgehead atoms. The second kappa shape index (κ2) is 10.5. The molecule has 0 spiro atoms. The van der Waals surface area contributed by atoms with Crippen LogP contribution in [0, 0.1) is 6.92 Å². The Morgan fingerprint density at radius 3 is 1.29 bits per heavy atom. The highest BCUT2D eigenvalue weighted by molar-refractivity contribution is 7.80. The number of anilines is 4. The fraction of sp³-hybridized carbons (Fsp3) is 0.0625. The Morgan fingerprint density at radius 2 is 0.829 bits per heavy atom. The Morgan fingerprint density at radius 1 is 0.457 bits per heavy atom. The third kappa shape index (κ3) is 5.76. The van der Waals surface area contributed by atoms with Gasteiger partial charge in [0.1, 0.15) is 0 Å². The monoisotopic (exact) mass is 472 g/mol. The van der Waals surface area contributed by atoms with Crippen molar-refractivity contribution in [3.63, 3.8) is 0 Å². The fourth-order valence-electron chi connectivity index (χ4n) is 4.26. The highest BCUT2D eigenvalue weighted by Crippen LogP contribution is 2.34. The van der Waals surface area contributed by atoms with Gasteiger partial charge in [-0.25, -0.2) is 0 Å². The standard InChI is InChI=1S/C32H28N2S/c1-23-7-13-27(14-8-23)33-28-15-9-25(10-16-28)32(24-5-3-2-4-6-24)26-11-17-29(18-12-26)34-30-19-21-31(35)22-20-30/h2-22,32-35H,1H3. The van der Waals surface area contributed by atoms with Crippen LogP contribution in [0.5, 0.6) is 0 Å². The molecule has 2 nitrogen and oxygen atoms in total. The molecule has 0 heterocycles. The summed E-state index contributed by atoms with van der Waals surface area (Å²) in [5, 5.41) is 6.97. The molecule has 3 heteroatoms. The van der Waals surface area contributed by atoms with Crippen LogP contribution in [0.2, 0.25) is 0 Å². The minimum absolute atomic E-state index is 0.155. The first-order valence-electron chi connectivity index (χ1n) is 11.8. The highest BCUT2D eigenvalue weighted by atomic mass is 32.1. The number of benzene rings is 5. The van der Waals surface area contributed by atoms with Crippen molar-refractivity contribution in [3.05, 3.63) is 150 Å². The SMILES string of the molecule is Cc1ccc(Nc2ccc(C(c3ccccc3)c3ccc(Nc4ccc(S)cc4)cc3)cc2)cc1. The number of aryl methyl sites for hydroxylation is 1. The lowest BCUT2D eigenvalue weighted by molar-refractivity contribution is 0.978. The molecular formula is C32H28N2S. The summed E-state index contributed by atoms with van der Waals surface area (Å²) in [5.74, 6) is 0.155. The van der Waals surface area contributed by atoms with E-state index in [1.165, 1.54) is 22.3 Å². The molecule has 5 rings (SSSR count). The van der Waals surface area contributed by atoms with Crippen molar-refractivity contribution in [3.8, 4) is 0 Å². The van der Waals surface area contributed by atoms with Crippen LogP contribution < -0.4 is 10.6 Å². The molecule has 0 radical (unpaired) electrons. The van der Waals surface area contributed by atoms with Gasteiger partial charge in [0.25, 0.3) is 0 Å². The second-order valence-corrected chi connectivity index (χ2v) is 9.27. The van der Waals surface area contributed by atoms with Crippen molar-refractivity contribution in [2.75, 3.05) is 10.6 Å². The van der Waals surface area contributed by atoms with Gasteiger partial charge in [-0.15, -0.1) is 12.6 Å². The van der Waals surface area contributed by atoms with Crippen molar-refractivity contribution in [1.82, 2.24) is 0 Å². The van der Waals surface area contributed by atoms with E-state index in [4.69, 9.17) is 0 Å². The fourth-order valence-corrected chi connectivity index (χ4v) is 4.40. The Hall–Kier alpha value is -3.95. The first-order valence-corrected chi connectivity index (χ1v) is 12.2. The van der Waals surface area contributed by atoms with E-state index < -0.39 is 0 Å². The molecule has 0 aliphatic heterocycles. The van der Waals surface area contributed by atoms with E-state index in [-0.39, 0.29) is 5.92 Å². The van der Waals surface area contributed by atoms with E-state index >= 15 is 0 Å². The van der Waals surface area contributed by atoms with E-state index in [1.807, 2.05) is 24.3 Å². The minimum atomic E-state index is 0.155. The van der Waals surface area contributed by atoms with Crippen molar-refractivity contribution in [2.45, 2.75) is 17.7 Å². The van der Waals surface area contributed by atoms with Crippen molar-refractivity contribution >= 4 is 35.4 Å². The summed E-state index contributed by atoms with van der Waals surface area (Å²) in [4.78, 5) is 0.955. The lowest BCUT2D eigenvalue weighted by Gasteiger charge is -2.20. The Labute approximate surface area is 213 Å². The maximum absolute atomic E-state index is 4.37. The molecule has 0 amide bonds. The van der Waals surface area contributed by atoms with Crippen LogP contribution in [0.4, 0.5) is 22.7 Å². The van der Waals surface area contributed by atoms with E-state index in [9.17, 15) is 0 Å². The van der Waals surface area contributed by atoms with E-state index in [0.717, 1.165) is 27.6 Å². The lowest BCUT2D eigenvalue weighted by Crippen LogP contribution is -2.04. The number of rotatable bonds is 7. The highest BCUT2D eigenvalue weighted by Gasteiger charge is 2.16. The summed E-state index contributed by atoms with van der Waals surface area (Å²) >= 11 is 4.37. The van der Waals surface area contributed by atoms with Gasteiger partial charge in [0.05, 0.1) is 0 Å². The minimum Gasteiger partial charge on any atom is -0.356 e. The largest absolute Gasteiger partial charge is 0.356 e. The van der Waals surface area contributed by atoms with Gasteiger partial charge in [-0.2, -0.15) is 0 Å². The number of nitrogens with one attached hydrogen (secondary N) is 2. The summed E-state index contributed by atoms with van der Waals surface area (Å²) in [6.07, 6.45) is 0. The molecule has 5 aromatic carbocycles. The first-order chi connectivity index (χ1) is 17.1. The van der Waals surface area contributed by atoms with Gasteiger partial charge < -0.3 is 10.6 Å². The van der Waals surface area contributed by atoms with Gasteiger partial charge in [0, 0.05) is 33.6 Å². The van der Waals surface area contributed by atoms with Crippen LogP contribution in [0.15, 0.2) is 132 Å². The quantitative estimate of drug-likeness (QED) is 0.163. The van der Waals surface area contributed by atoms with Crippen LogP contribution in [-0.4, -0.2) is 0 Å². The second-order valence-electron chi connectivity index (χ2n) is 8.75. The molecule has 2 N–H and O–H groups in total. The van der Waals surface area contributed by atoms with Crippen molar-refractivity contribution in [1.29, 1.82) is 0 Å². The van der Waals surface area contributed by atoms with Gasteiger partial charge >= 0.3 is 0 Å². The van der Waals surface area contributed by atoms with E-state index in [0.29, 0.717) is 0 Å². The van der Waals surface area contributed by atoms with Gasteiger partial charge in [0.2, 0.25) is 0 Å². The molecule has 0 aromatic heterocycles. The normalized spacial score (nSPS) is 11.6. The predicted molar refractivity (Wildman–Crippen MR) is 152 cm³/mol. The number of thiol groups is 1. The third-order valence-electron chi connectivity index (χ3n) is 6.12. The van der Waals surface area contributed by atoms with Gasteiger partial charge in [-0.1, -0.05) is 72.3 Å². The molecule has 0 aliphatic rings. The summed E-state index contributed by atoms with van der Waals surface area (Å²) in [7, 11) is 0. The average Bonchev–Trinajstić information content (AvgIpc) is 2.90. The zero-order chi connectivity index (χ0) is 24.0. The first kappa shape index (κ1) is 22.8. The van der Waals surface area contributed by atoms with E-state index in [1.54, 1.807) is 0 Å². The maximum Gasteiger partial charge on any atom is 0.0384 e. The van der Waals surface area contributed by atoms with Gasteiger partial charge in [-0.3, -0.25) is 0 Å².